The topological polar surface area (TPSA) is 90.0 Å². The van der Waals surface area contributed by atoms with E-state index in [0.717, 1.165) is 37.3 Å². The highest BCUT2D eigenvalue weighted by molar-refractivity contribution is 7.89. The van der Waals surface area contributed by atoms with Gasteiger partial charge in [-0.2, -0.15) is 4.31 Å². The number of para-hydroxylation sites is 2. The number of rotatable bonds is 8. The lowest BCUT2D eigenvalue weighted by Gasteiger charge is -2.30. The molecule has 188 valence electrons. The molecule has 0 saturated carbocycles. The molecule has 1 atom stereocenters. The Morgan fingerprint density at radius 2 is 1.66 bits per heavy atom. The molecule has 2 amide bonds. The van der Waals surface area contributed by atoms with Crippen LogP contribution in [0.4, 0.5) is 17.1 Å². The Morgan fingerprint density at radius 1 is 1.00 bits per heavy atom. The molecule has 0 aromatic heterocycles. The van der Waals surface area contributed by atoms with Gasteiger partial charge in [0, 0.05) is 44.8 Å². The Kier molecular flexibility index (Phi) is 7.76. The maximum atomic E-state index is 13.1. The second-order valence-corrected chi connectivity index (χ2v) is 11.0. The van der Waals surface area contributed by atoms with E-state index in [2.05, 4.69) is 10.2 Å². The third-order valence-corrected chi connectivity index (χ3v) is 8.91. The fraction of sp³-hybridized carbons (Fsp3) is 0.462. The maximum absolute atomic E-state index is 13.1. The van der Waals surface area contributed by atoms with Gasteiger partial charge < -0.3 is 15.1 Å². The van der Waals surface area contributed by atoms with Gasteiger partial charge in [0.25, 0.3) is 0 Å². The highest BCUT2D eigenvalue weighted by Crippen LogP contribution is 2.31. The molecular weight excluding hydrogens is 464 g/mol. The first kappa shape index (κ1) is 25.2. The van der Waals surface area contributed by atoms with Gasteiger partial charge in [-0.25, -0.2) is 8.42 Å². The number of carbonyl (C=O) groups excluding carboxylic acids is 2. The molecule has 8 nitrogen and oxygen atoms in total. The van der Waals surface area contributed by atoms with Crippen molar-refractivity contribution in [2.75, 3.05) is 47.8 Å². The van der Waals surface area contributed by atoms with Crippen molar-refractivity contribution in [3.05, 3.63) is 48.5 Å². The van der Waals surface area contributed by atoms with Crippen LogP contribution in [0.1, 0.15) is 39.5 Å². The SMILES string of the molecule is CCN(CC)S(=O)(=O)c1ccc(N2C[C@@H](C(=O)Nc3ccccc3N3CCCCC3)CC2=O)cc1. The van der Waals surface area contributed by atoms with Crippen molar-refractivity contribution in [1.29, 1.82) is 0 Å². The maximum Gasteiger partial charge on any atom is 0.243 e. The van der Waals surface area contributed by atoms with E-state index in [1.54, 1.807) is 30.9 Å². The second-order valence-electron chi connectivity index (χ2n) is 9.04. The molecule has 35 heavy (non-hydrogen) atoms. The van der Waals surface area contributed by atoms with Gasteiger partial charge in [0.05, 0.1) is 22.2 Å². The van der Waals surface area contributed by atoms with Crippen molar-refractivity contribution in [3.8, 4) is 0 Å². The van der Waals surface area contributed by atoms with Crippen LogP contribution in [-0.2, 0) is 19.6 Å². The van der Waals surface area contributed by atoms with Gasteiger partial charge in [-0.1, -0.05) is 26.0 Å². The first-order chi connectivity index (χ1) is 16.8. The molecule has 9 heteroatoms. The molecule has 4 rings (SSSR count). The summed E-state index contributed by atoms with van der Waals surface area (Å²) in [7, 11) is -3.57. The highest BCUT2D eigenvalue weighted by atomic mass is 32.2. The Bertz CT molecular complexity index is 1160. The number of sulfonamides is 1. The van der Waals surface area contributed by atoms with Crippen LogP contribution >= 0.6 is 0 Å². The Hall–Kier alpha value is -2.91. The van der Waals surface area contributed by atoms with Gasteiger partial charge >= 0.3 is 0 Å². The van der Waals surface area contributed by atoms with Crippen LogP contribution in [0.15, 0.2) is 53.4 Å². The zero-order valence-electron chi connectivity index (χ0n) is 20.4. The summed E-state index contributed by atoms with van der Waals surface area (Å²) in [5.41, 5.74) is 2.39. The normalized spacial score (nSPS) is 18.8. The molecule has 0 unspecified atom stereocenters. The van der Waals surface area contributed by atoms with Crippen LogP contribution in [0, 0.1) is 5.92 Å². The smallest absolute Gasteiger partial charge is 0.243 e. The van der Waals surface area contributed by atoms with Gasteiger partial charge in [0.1, 0.15) is 0 Å². The lowest BCUT2D eigenvalue weighted by atomic mass is 10.1. The second kappa shape index (κ2) is 10.8. The van der Waals surface area contributed by atoms with E-state index in [0.29, 0.717) is 18.8 Å². The van der Waals surface area contributed by atoms with Crippen LogP contribution in [0.5, 0.6) is 0 Å². The molecule has 0 bridgehead atoms. The first-order valence-electron chi connectivity index (χ1n) is 12.4. The van der Waals surface area contributed by atoms with E-state index in [9.17, 15) is 18.0 Å². The molecule has 2 heterocycles. The van der Waals surface area contributed by atoms with Crippen molar-refractivity contribution in [3.63, 3.8) is 0 Å². The minimum absolute atomic E-state index is 0.122. The molecule has 2 aromatic carbocycles. The Labute approximate surface area is 207 Å². The average Bonchev–Trinajstić information content (AvgIpc) is 3.27. The largest absolute Gasteiger partial charge is 0.370 e. The van der Waals surface area contributed by atoms with E-state index in [4.69, 9.17) is 0 Å². The average molecular weight is 499 g/mol. The van der Waals surface area contributed by atoms with Gasteiger partial charge in [0.2, 0.25) is 21.8 Å². The number of benzene rings is 2. The number of nitrogens with zero attached hydrogens (tertiary/aromatic N) is 3. The van der Waals surface area contributed by atoms with Crippen LogP contribution in [0.25, 0.3) is 0 Å². The van der Waals surface area contributed by atoms with E-state index in [1.165, 1.54) is 22.9 Å². The van der Waals surface area contributed by atoms with Gasteiger partial charge in [-0.15, -0.1) is 0 Å². The number of piperidine rings is 1. The standard InChI is InChI=1S/C26H34N4O4S/c1-3-29(4-2)35(33,34)22-14-12-21(13-15-22)30-19-20(18-25(30)31)26(32)27-23-10-6-7-11-24(23)28-16-8-5-9-17-28/h6-7,10-15,20H,3-5,8-9,16-19H2,1-2H3,(H,27,32)/t20-/m0/s1. The van der Waals surface area contributed by atoms with Crippen molar-refractivity contribution >= 4 is 38.9 Å². The number of hydrogen-bond donors (Lipinski definition) is 1. The van der Waals surface area contributed by atoms with E-state index in [1.807, 2.05) is 24.3 Å². The van der Waals surface area contributed by atoms with Crippen LogP contribution in [0.2, 0.25) is 0 Å². The Balaban J connectivity index is 1.45. The molecule has 2 saturated heterocycles. The molecule has 2 fully saturated rings. The van der Waals surface area contributed by atoms with Crippen LogP contribution < -0.4 is 15.1 Å². The fourth-order valence-electron chi connectivity index (χ4n) is 4.87. The minimum atomic E-state index is -3.57. The number of amides is 2. The van der Waals surface area contributed by atoms with Crippen molar-refractivity contribution < 1.29 is 18.0 Å². The predicted molar refractivity (Wildman–Crippen MR) is 138 cm³/mol. The van der Waals surface area contributed by atoms with Crippen LogP contribution in [-0.4, -0.2) is 57.3 Å². The summed E-state index contributed by atoms with van der Waals surface area (Å²) in [6.45, 7) is 6.60. The minimum Gasteiger partial charge on any atom is -0.370 e. The highest BCUT2D eigenvalue weighted by Gasteiger charge is 2.35. The third kappa shape index (κ3) is 5.36. The summed E-state index contributed by atoms with van der Waals surface area (Å²) in [4.78, 5) is 29.9. The number of nitrogens with one attached hydrogen (secondary N) is 1. The molecule has 2 aliphatic heterocycles. The van der Waals surface area contributed by atoms with E-state index < -0.39 is 15.9 Å². The van der Waals surface area contributed by atoms with E-state index in [-0.39, 0.29) is 29.7 Å². The summed E-state index contributed by atoms with van der Waals surface area (Å²) in [6, 6.07) is 14.2. The quantitative estimate of drug-likeness (QED) is 0.599. The van der Waals surface area contributed by atoms with Crippen LogP contribution in [0.3, 0.4) is 0 Å². The summed E-state index contributed by atoms with van der Waals surface area (Å²) in [5.74, 6) is -0.796. The molecule has 0 aliphatic carbocycles. The Morgan fingerprint density at radius 3 is 2.31 bits per heavy atom. The number of hydrogen-bond acceptors (Lipinski definition) is 5. The first-order valence-corrected chi connectivity index (χ1v) is 13.8. The predicted octanol–water partition coefficient (Wildman–Crippen LogP) is 3.70. The molecule has 2 aromatic rings. The summed E-state index contributed by atoms with van der Waals surface area (Å²) in [5, 5.41) is 3.05. The molecule has 2 aliphatic rings. The number of carbonyl (C=O) groups is 2. The fourth-order valence-corrected chi connectivity index (χ4v) is 6.33. The third-order valence-electron chi connectivity index (χ3n) is 6.85. The number of anilines is 3. The summed E-state index contributed by atoms with van der Waals surface area (Å²) < 4.78 is 26.9. The van der Waals surface area contributed by atoms with Crippen molar-refractivity contribution in [2.45, 2.75) is 44.4 Å². The summed E-state index contributed by atoms with van der Waals surface area (Å²) >= 11 is 0. The zero-order chi connectivity index (χ0) is 25.0. The molecule has 1 N–H and O–H groups in total. The van der Waals surface area contributed by atoms with Gasteiger partial charge in [0.15, 0.2) is 0 Å². The monoisotopic (exact) mass is 498 g/mol. The van der Waals surface area contributed by atoms with Crippen molar-refractivity contribution in [2.24, 2.45) is 5.92 Å². The lowest BCUT2D eigenvalue weighted by Crippen LogP contribution is -2.32. The van der Waals surface area contributed by atoms with Gasteiger partial charge in [-0.3, -0.25) is 9.59 Å². The lowest BCUT2D eigenvalue weighted by molar-refractivity contribution is -0.122. The van der Waals surface area contributed by atoms with Gasteiger partial charge in [-0.05, 0) is 55.7 Å². The van der Waals surface area contributed by atoms with Crippen molar-refractivity contribution in [1.82, 2.24) is 4.31 Å². The molecule has 0 radical (unpaired) electrons. The zero-order valence-corrected chi connectivity index (χ0v) is 21.3. The summed E-state index contributed by atoms with van der Waals surface area (Å²) in [6.07, 6.45) is 3.64. The molecular formula is C26H34N4O4S. The molecule has 0 spiro atoms. The van der Waals surface area contributed by atoms with E-state index >= 15 is 0 Å².